The molecule has 1 heterocycles. The molecule has 1 saturated carbocycles. The fourth-order valence-corrected chi connectivity index (χ4v) is 5.86. The minimum atomic E-state index is -0.894. The number of halogens is 3. The molecule has 0 radical (unpaired) electrons. The highest BCUT2D eigenvalue weighted by Gasteiger charge is 2.54. The van der Waals surface area contributed by atoms with E-state index in [1.807, 2.05) is 0 Å². The van der Waals surface area contributed by atoms with Crippen LogP contribution in [0.4, 0.5) is 11.4 Å². The number of fused-ring (bicyclic) bond motifs is 1. The van der Waals surface area contributed by atoms with Gasteiger partial charge in [-0.3, -0.25) is 34.6 Å². The minimum Gasteiger partial charge on any atom is -0.272 e. The summed E-state index contributed by atoms with van der Waals surface area (Å²) >= 11 is 12.9. The number of imide groups is 1. The Labute approximate surface area is 225 Å². The van der Waals surface area contributed by atoms with Crippen molar-refractivity contribution in [2.75, 3.05) is 0 Å². The van der Waals surface area contributed by atoms with E-state index in [9.17, 15) is 34.6 Å². The summed E-state index contributed by atoms with van der Waals surface area (Å²) in [5.41, 5.74) is -0.907. The van der Waals surface area contributed by atoms with Gasteiger partial charge in [0.15, 0.2) is 0 Å². The van der Waals surface area contributed by atoms with Crippen molar-refractivity contribution in [2.45, 2.75) is 29.0 Å². The number of benzene rings is 2. The number of nitrogens with zero attached hydrogens (tertiary/aromatic N) is 4. The van der Waals surface area contributed by atoms with Gasteiger partial charge in [-0.1, -0.05) is 49.5 Å². The van der Waals surface area contributed by atoms with Crippen LogP contribution in [-0.4, -0.2) is 47.2 Å². The molecule has 0 bridgehead atoms. The van der Waals surface area contributed by atoms with Crippen LogP contribution in [0.5, 0.6) is 0 Å². The predicted octanol–water partition coefficient (Wildman–Crippen LogP) is 4.64. The molecule has 14 heteroatoms. The maximum atomic E-state index is 13.6. The van der Waals surface area contributed by atoms with Crippen molar-refractivity contribution in [1.29, 1.82) is 0 Å². The number of hydrogen-bond acceptors (Lipinski definition) is 7. The van der Waals surface area contributed by atoms with E-state index in [-0.39, 0.29) is 31.5 Å². The smallest absolute Gasteiger partial charge is 0.272 e. The van der Waals surface area contributed by atoms with Gasteiger partial charge < -0.3 is 0 Å². The van der Waals surface area contributed by atoms with Crippen LogP contribution in [-0.2, 0) is 16.1 Å². The minimum absolute atomic E-state index is 0.0235. The Morgan fingerprint density at radius 2 is 1.61 bits per heavy atom. The number of nitro groups is 2. The van der Waals surface area contributed by atoms with Gasteiger partial charge in [-0.15, -0.1) is 0 Å². The molecule has 0 spiro atoms. The zero-order valence-electron chi connectivity index (χ0n) is 18.3. The summed E-state index contributed by atoms with van der Waals surface area (Å²) in [6.07, 6.45) is 0.698. The third kappa shape index (κ3) is 4.87. The van der Waals surface area contributed by atoms with E-state index < -0.39 is 51.6 Å². The number of alkyl halides is 2. The van der Waals surface area contributed by atoms with Crippen molar-refractivity contribution in [3.05, 3.63) is 78.8 Å². The normalized spacial score (nSPS) is 23.4. The monoisotopic (exact) mass is 642 g/mol. The first-order valence-corrected chi connectivity index (χ1v) is 12.9. The molecule has 2 aromatic rings. The number of non-ortho nitro benzene ring substituents is 1. The summed E-state index contributed by atoms with van der Waals surface area (Å²) in [4.78, 5) is 61.9. The Morgan fingerprint density at radius 3 is 2.17 bits per heavy atom. The maximum absolute atomic E-state index is 13.6. The molecular weight excluding hydrogens is 628 g/mol. The zero-order valence-corrected chi connectivity index (χ0v) is 22.2. The van der Waals surface area contributed by atoms with Crippen LogP contribution in [0.2, 0.25) is 5.02 Å². The van der Waals surface area contributed by atoms with E-state index in [0.717, 1.165) is 22.2 Å². The second-order valence-electron chi connectivity index (χ2n) is 8.41. The van der Waals surface area contributed by atoms with Crippen molar-refractivity contribution >= 4 is 72.6 Å². The summed E-state index contributed by atoms with van der Waals surface area (Å²) < 4.78 is 0. The molecule has 1 saturated heterocycles. The molecule has 2 aromatic carbocycles. The third-order valence-electron chi connectivity index (χ3n) is 6.23. The Kier molecular flexibility index (Phi) is 7.43. The number of rotatable bonds is 6. The van der Waals surface area contributed by atoms with Crippen molar-refractivity contribution in [3.8, 4) is 0 Å². The van der Waals surface area contributed by atoms with E-state index >= 15 is 0 Å². The summed E-state index contributed by atoms with van der Waals surface area (Å²) in [5, 5.41) is 24.5. The summed E-state index contributed by atoms with van der Waals surface area (Å²) in [6, 6.07) is 8.63. The largest absolute Gasteiger partial charge is 0.275 e. The first-order chi connectivity index (χ1) is 17.0. The van der Waals surface area contributed by atoms with E-state index in [2.05, 4.69) is 31.9 Å². The molecular formula is C22H17Br2ClN4O7. The number of nitro benzene ring substituents is 2. The van der Waals surface area contributed by atoms with Crippen LogP contribution in [0.3, 0.4) is 0 Å². The molecule has 0 N–H and O–H groups in total. The summed E-state index contributed by atoms with van der Waals surface area (Å²) in [6.45, 7) is -0.512. The van der Waals surface area contributed by atoms with Crippen LogP contribution < -0.4 is 0 Å². The van der Waals surface area contributed by atoms with E-state index in [4.69, 9.17) is 11.6 Å². The van der Waals surface area contributed by atoms with Gasteiger partial charge in [0.25, 0.3) is 29.1 Å². The van der Waals surface area contributed by atoms with Crippen LogP contribution >= 0.6 is 43.5 Å². The Hall–Kier alpha value is -2.90. The van der Waals surface area contributed by atoms with Gasteiger partial charge in [0.1, 0.15) is 0 Å². The Bertz CT molecular complexity index is 1260. The highest BCUT2D eigenvalue weighted by Crippen LogP contribution is 2.44. The molecule has 1 aliphatic heterocycles. The van der Waals surface area contributed by atoms with E-state index in [1.54, 1.807) is 0 Å². The van der Waals surface area contributed by atoms with Gasteiger partial charge in [-0.25, -0.2) is 5.01 Å². The summed E-state index contributed by atoms with van der Waals surface area (Å²) in [7, 11) is 0. The molecule has 11 nitrogen and oxygen atoms in total. The van der Waals surface area contributed by atoms with Crippen LogP contribution in [0.1, 0.15) is 28.8 Å². The molecule has 3 amide bonds. The molecule has 0 aromatic heterocycles. The maximum Gasteiger partial charge on any atom is 0.275 e. The van der Waals surface area contributed by atoms with Gasteiger partial charge in [-0.05, 0) is 31.0 Å². The van der Waals surface area contributed by atoms with Gasteiger partial charge in [0.05, 0.1) is 33.8 Å². The second-order valence-corrected chi connectivity index (χ2v) is 11.2. The number of hydrazine groups is 1. The summed E-state index contributed by atoms with van der Waals surface area (Å²) in [5.74, 6) is -3.48. The molecule has 2 aliphatic rings. The van der Waals surface area contributed by atoms with Crippen LogP contribution in [0.25, 0.3) is 0 Å². The van der Waals surface area contributed by atoms with Crippen molar-refractivity contribution in [3.63, 3.8) is 0 Å². The fourth-order valence-electron chi connectivity index (χ4n) is 4.45. The van der Waals surface area contributed by atoms with Gasteiger partial charge >= 0.3 is 0 Å². The first kappa shape index (κ1) is 26.2. The lowest BCUT2D eigenvalue weighted by molar-refractivity contribution is -0.385. The number of carbonyl (C=O) groups is 3. The Morgan fingerprint density at radius 1 is 1.00 bits per heavy atom. The third-order valence-corrected chi connectivity index (χ3v) is 9.20. The van der Waals surface area contributed by atoms with Gasteiger partial charge in [-0.2, -0.15) is 5.01 Å². The highest BCUT2D eigenvalue weighted by atomic mass is 79.9. The SMILES string of the molecule is O=C(c1cccc([N+](=O)[O-])c1)N(Cc1ccc(Cl)cc1[N+](=O)[O-])N1C(=O)[C@H]2C[C@@H](Br)[C@@H](Br)C[C@H]2C1=O. The molecule has 4 atom stereocenters. The van der Waals surface area contributed by atoms with Crippen molar-refractivity contribution in [2.24, 2.45) is 11.8 Å². The molecule has 1 aliphatic carbocycles. The van der Waals surface area contributed by atoms with Crippen molar-refractivity contribution < 1.29 is 24.2 Å². The first-order valence-electron chi connectivity index (χ1n) is 10.6. The topological polar surface area (TPSA) is 144 Å². The van der Waals surface area contributed by atoms with Crippen LogP contribution in [0.15, 0.2) is 42.5 Å². The zero-order chi connectivity index (χ0) is 26.3. The quantitative estimate of drug-likeness (QED) is 0.193. The van der Waals surface area contributed by atoms with Gasteiger partial charge in [0.2, 0.25) is 0 Å². The number of amides is 3. The second kappa shape index (κ2) is 10.2. The fraction of sp³-hybridized carbons (Fsp3) is 0.318. The standard InChI is InChI=1S/C22H17Br2ClN4O7/c23-17-8-15-16(9-18(17)24)22(32)27(21(15)31)26(10-12-4-5-13(25)7-19(12)29(35)36)20(30)11-2-1-3-14(6-11)28(33)34/h1-7,15-18H,8-10H2/t15-,16+,17+,18-. The van der Waals surface area contributed by atoms with Gasteiger partial charge in [0, 0.05) is 38.4 Å². The number of hydrogen-bond donors (Lipinski definition) is 0. The lowest BCUT2D eigenvalue weighted by Gasteiger charge is -2.30. The lowest BCUT2D eigenvalue weighted by atomic mass is 9.81. The highest BCUT2D eigenvalue weighted by molar-refractivity contribution is 9.12. The Balaban J connectivity index is 1.79. The lowest BCUT2D eigenvalue weighted by Crippen LogP contribution is -2.49. The van der Waals surface area contributed by atoms with E-state index in [0.29, 0.717) is 12.8 Å². The number of carbonyl (C=O) groups excluding carboxylic acids is 3. The molecule has 2 fully saturated rings. The predicted molar refractivity (Wildman–Crippen MR) is 135 cm³/mol. The molecule has 0 unspecified atom stereocenters. The van der Waals surface area contributed by atoms with Crippen molar-refractivity contribution in [1.82, 2.24) is 10.0 Å². The average Bonchev–Trinajstić information content (AvgIpc) is 3.07. The van der Waals surface area contributed by atoms with Crippen LogP contribution in [0, 0.1) is 32.1 Å². The molecule has 4 rings (SSSR count). The average molecular weight is 645 g/mol. The van der Waals surface area contributed by atoms with E-state index in [1.165, 1.54) is 30.3 Å². The molecule has 188 valence electrons. The molecule has 36 heavy (non-hydrogen) atoms.